The minimum Gasteiger partial charge on any atom is -0.497 e. The highest BCUT2D eigenvalue weighted by molar-refractivity contribution is 7.91. The zero-order chi connectivity index (χ0) is 21.2. The highest BCUT2D eigenvalue weighted by Gasteiger charge is 2.48. The summed E-state index contributed by atoms with van der Waals surface area (Å²) >= 11 is 0. The third-order valence-electron chi connectivity index (χ3n) is 5.32. The summed E-state index contributed by atoms with van der Waals surface area (Å²) in [6, 6.07) is 6.34. The zero-order valence-corrected chi connectivity index (χ0v) is 17.3. The van der Waals surface area contributed by atoms with Gasteiger partial charge < -0.3 is 15.4 Å². The van der Waals surface area contributed by atoms with E-state index in [9.17, 15) is 22.8 Å². The molecule has 2 heterocycles. The Balaban J connectivity index is 1.57. The molecule has 0 saturated carbocycles. The number of ether oxygens (including phenoxy) is 1. The molecule has 10 heteroatoms. The Labute approximate surface area is 169 Å². The van der Waals surface area contributed by atoms with Crippen molar-refractivity contribution in [2.45, 2.75) is 37.8 Å². The first-order valence-electron chi connectivity index (χ1n) is 9.39. The summed E-state index contributed by atoms with van der Waals surface area (Å²) in [4.78, 5) is 38.2. The van der Waals surface area contributed by atoms with E-state index in [2.05, 4.69) is 10.6 Å². The molecule has 3 rings (SSSR count). The summed E-state index contributed by atoms with van der Waals surface area (Å²) in [5, 5.41) is 5.27. The predicted octanol–water partition coefficient (Wildman–Crippen LogP) is 0.242. The van der Waals surface area contributed by atoms with Gasteiger partial charge >= 0.3 is 6.03 Å². The molecular formula is C19H25N3O6S. The maximum atomic E-state index is 12.8. The third-order valence-corrected chi connectivity index (χ3v) is 7.09. The number of imide groups is 1. The minimum atomic E-state index is -3.13. The second kappa shape index (κ2) is 8.02. The van der Waals surface area contributed by atoms with Crippen LogP contribution in [0.15, 0.2) is 24.3 Å². The van der Waals surface area contributed by atoms with Crippen LogP contribution in [0, 0.1) is 0 Å². The summed E-state index contributed by atoms with van der Waals surface area (Å²) in [6.45, 7) is 1.21. The van der Waals surface area contributed by atoms with E-state index < -0.39 is 45.8 Å². The average Bonchev–Trinajstić information content (AvgIpc) is 3.11. The molecule has 0 aliphatic carbocycles. The molecular weight excluding hydrogens is 398 g/mol. The number of benzene rings is 1. The van der Waals surface area contributed by atoms with Crippen molar-refractivity contribution < 1.29 is 27.5 Å². The van der Waals surface area contributed by atoms with Gasteiger partial charge in [0.2, 0.25) is 5.91 Å². The smallest absolute Gasteiger partial charge is 0.325 e. The van der Waals surface area contributed by atoms with Crippen LogP contribution in [-0.2, 0) is 25.8 Å². The maximum absolute atomic E-state index is 12.8. The number of rotatable bonds is 7. The van der Waals surface area contributed by atoms with Gasteiger partial charge in [-0.15, -0.1) is 0 Å². The van der Waals surface area contributed by atoms with E-state index in [4.69, 9.17) is 4.74 Å². The number of hydrogen-bond acceptors (Lipinski definition) is 6. The van der Waals surface area contributed by atoms with Gasteiger partial charge in [-0.25, -0.2) is 13.2 Å². The summed E-state index contributed by atoms with van der Waals surface area (Å²) in [5.74, 6) is -0.360. The minimum absolute atomic E-state index is 0.0323. The molecule has 0 unspecified atom stereocenters. The molecule has 0 bridgehead atoms. The maximum Gasteiger partial charge on any atom is 0.325 e. The van der Waals surface area contributed by atoms with E-state index in [0.717, 1.165) is 16.2 Å². The molecule has 2 saturated heterocycles. The van der Waals surface area contributed by atoms with E-state index in [1.165, 1.54) is 0 Å². The van der Waals surface area contributed by atoms with Crippen molar-refractivity contribution in [1.82, 2.24) is 15.5 Å². The van der Waals surface area contributed by atoms with Crippen molar-refractivity contribution in [3.63, 3.8) is 0 Å². The van der Waals surface area contributed by atoms with Gasteiger partial charge in [-0.1, -0.05) is 12.1 Å². The second-order valence-corrected chi connectivity index (χ2v) is 9.90. The largest absolute Gasteiger partial charge is 0.497 e. The molecule has 9 nitrogen and oxygen atoms in total. The van der Waals surface area contributed by atoms with Gasteiger partial charge in [0.25, 0.3) is 5.91 Å². The van der Waals surface area contributed by atoms with Gasteiger partial charge in [-0.3, -0.25) is 14.5 Å². The van der Waals surface area contributed by atoms with Gasteiger partial charge in [-0.05, 0) is 43.9 Å². The van der Waals surface area contributed by atoms with Crippen LogP contribution in [-0.4, -0.2) is 67.9 Å². The van der Waals surface area contributed by atoms with Crippen molar-refractivity contribution >= 4 is 27.7 Å². The molecule has 2 aliphatic heterocycles. The van der Waals surface area contributed by atoms with Crippen LogP contribution in [0.25, 0.3) is 0 Å². The number of nitrogens with zero attached hydrogens (tertiary/aromatic N) is 1. The number of carbonyl (C=O) groups excluding carboxylic acids is 3. The van der Waals surface area contributed by atoms with Gasteiger partial charge in [0.05, 0.1) is 18.6 Å². The normalized spacial score (nSPS) is 25.7. The van der Waals surface area contributed by atoms with E-state index in [1.54, 1.807) is 14.0 Å². The van der Waals surface area contributed by atoms with E-state index in [0.29, 0.717) is 19.3 Å². The van der Waals surface area contributed by atoms with Crippen LogP contribution in [0.3, 0.4) is 0 Å². The van der Waals surface area contributed by atoms with Crippen LogP contribution in [0.1, 0.15) is 25.3 Å². The lowest BCUT2D eigenvalue weighted by Crippen LogP contribution is -2.46. The van der Waals surface area contributed by atoms with E-state index in [1.807, 2.05) is 24.3 Å². The van der Waals surface area contributed by atoms with E-state index >= 15 is 0 Å². The number of hydrogen-bond donors (Lipinski definition) is 2. The highest BCUT2D eigenvalue weighted by atomic mass is 32.2. The highest BCUT2D eigenvalue weighted by Crippen LogP contribution is 2.24. The standard InChI is InChI=1S/C19H25N3O6S/c1-19(9-7-13-3-5-15(28-2)6-4-13)17(24)22(18(25)21-19)11-16(23)20-14-8-10-29(26,27)12-14/h3-6,14H,7-12H2,1-2H3,(H,20,23)(H,21,25)/t14-,19-/m1/s1. The Bertz CT molecular complexity index is 914. The second-order valence-electron chi connectivity index (χ2n) is 7.67. The van der Waals surface area contributed by atoms with Crippen LogP contribution in [0.5, 0.6) is 5.75 Å². The van der Waals surface area contributed by atoms with Crippen LogP contribution in [0.2, 0.25) is 0 Å². The van der Waals surface area contributed by atoms with Gasteiger partial charge in [-0.2, -0.15) is 0 Å². The Morgan fingerprint density at radius 3 is 2.59 bits per heavy atom. The Kier molecular flexibility index (Phi) is 5.83. The number of methoxy groups -OCH3 is 1. The molecule has 0 radical (unpaired) electrons. The summed E-state index contributed by atoms with van der Waals surface area (Å²) in [5.41, 5.74) is -0.110. The van der Waals surface area contributed by atoms with Crippen LogP contribution >= 0.6 is 0 Å². The molecule has 1 aromatic carbocycles. The van der Waals surface area contributed by atoms with Crippen molar-refractivity contribution in [3.8, 4) is 5.75 Å². The molecule has 2 N–H and O–H groups in total. The summed E-state index contributed by atoms with van der Waals surface area (Å²) in [6.07, 6.45) is 1.28. The first-order valence-corrected chi connectivity index (χ1v) is 11.2. The number of carbonyl (C=O) groups is 3. The first kappa shape index (κ1) is 21.1. The molecule has 4 amide bonds. The molecule has 158 valence electrons. The molecule has 0 spiro atoms. The Hall–Kier alpha value is -2.62. The van der Waals surface area contributed by atoms with Crippen LogP contribution < -0.4 is 15.4 Å². The van der Waals surface area contributed by atoms with Gasteiger partial charge in [0.15, 0.2) is 9.84 Å². The van der Waals surface area contributed by atoms with Gasteiger partial charge in [0.1, 0.15) is 17.8 Å². The molecule has 2 aliphatic rings. The number of sulfone groups is 1. The predicted molar refractivity (Wildman–Crippen MR) is 105 cm³/mol. The SMILES string of the molecule is COc1ccc(CC[C@@]2(C)NC(=O)N(CC(=O)N[C@@H]3CCS(=O)(=O)C3)C2=O)cc1. The fraction of sp³-hybridized carbons (Fsp3) is 0.526. The number of aryl methyl sites for hydroxylation is 1. The molecule has 29 heavy (non-hydrogen) atoms. The van der Waals surface area contributed by atoms with Crippen molar-refractivity contribution in [2.24, 2.45) is 0 Å². The lowest BCUT2D eigenvalue weighted by molar-refractivity contribution is -0.134. The fourth-order valence-corrected chi connectivity index (χ4v) is 5.25. The Morgan fingerprint density at radius 2 is 2.00 bits per heavy atom. The third kappa shape index (κ3) is 4.87. The molecule has 1 aromatic rings. The van der Waals surface area contributed by atoms with Crippen molar-refractivity contribution in [2.75, 3.05) is 25.2 Å². The quantitative estimate of drug-likeness (QED) is 0.606. The zero-order valence-electron chi connectivity index (χ0n) is 16.4. The molecule has 2 fully saturated rings. The lowest BCUT2D eigenvalue weighted by atomic mass is 9.93. The number of nitrogens with one attached hydrogen (secondary N) is 2. The fourth-order valence-electron chi connectivity index (χ4n) is 3.57. The van der Waals surface area contributed by atoms with E-state index in [-0.39, 0.29) is 11.5 Å². The van der Waals surface area contributed by atoms with Crippen LogP contribution in [0.4, 0.5) is 4.79 Å². The number of amides is 4. The van der Waals surface area contributed by atoms with Gasteiger partial charge in [0, 0.05) is 6.04 Å². The summed E-state index contributed by atoms with van der Waals surface area (Å²) < 4.78 is 28.1. The molecule has 0 aromatic heterocycles. The van der Waals surface area contributed by atoms with Crippen molar-refractivity contribution in [1.29, 1.82) is 0 Å². The first-order chi connectivity index (χ1) is 13.6. The topological polar surface area (TPSA) is 122 Å². The monoisotopic (exact) mass is 423 g/mol. The Morgan fingerprint density at radius 1 is 1.31 bits per heavy atom. The summed E-state index contributed by atoms with van der Waals surface area (Å²) in [7, 11) is -1.55. The number of urea groups is 1. The average molecular weight is 423 g/mol. The van der Waals surface area contributed by atoms with Crippen molar-refractivity contribution in [3.05, 3.63) is 29.8 Å². The molecule has 2 atom stereocenters. The lowest BCUT2D eigenvalue weighted by Gasteiger charge is -2.22.